The van der Waals surface area contributed by atoms with Gasteiger partial charge in [0.1, 0.15) is 5.82 Å². The van der Waals surface area contributed by atoms with E-state index in [1.54, 1.807) is 0 Å². The summed E-state index contributed by atoms with van der Waals surface area (Å²) in [6, 6.07) is 4.66. The summed E-state index contributed by atoms with van der Waals surface area (Å²) in [5, 5.41) is 10.1. The SMILES string of the molecule is NC(=O)[C@@]1(O)CCCN(Cc2cc(F)cc(Br)c2)C1. The molecule has 1 aliphatic heterocycles. The predicted molar refractivity (Wildman–Crippen MR) is 72.8 cm³/mol. The molecule has 1 fully saturated rings. The Kier molecular flexibility index (Phi) is 4.23. The van der Waals surface area contributed by atoms with Crippen LogP contribution < -0.4 is 5.73 Å². The number of carbonyl (C=O) groups excluding carboxylic acids is 1. The highest BCUT2D eigenvalue weighted by atomic mass is 79.9. The molecule has 1 aromatic rings. The number of primary amides is 1. The van der Waals surface area contributed by atoms with E-state index in [0.29, 0.717) is 23.9 Å². The van der Waals surface area contributed by atoms with Gasteiger partial charge in [-0.3, -0.25) is 9.69 Å². The average Bonchev–Trinajstić information content (AvgIpc) is 2.27. The van der Waals surface area contributed by atoms with Crippen molar-refractivity contribution in [1.29, 1.82) is 0 Å². The summed E-state index contributed by atoms with van der Waals surface area (Å²) < 4.78 is 14.0. The number of hydrogen-bond acceptors (Lipinski definition) is 3. The van der Waals surface area contributed by atoms with Crippen molar-refractivity contribution in [3.05, 3.63) is 34.1 Å². The predicted octanol–water partition coefficient (Wildman–Crippen LogP) is 1.40. The lowest BCUT2D eigenvalue weighted by atomic mass is 9.92. The Labute approximate surface area is 119 Å². The molecule has 4 nitrogen and oxygen atoms in total. The summed E-state index contributed by atoms with van der Waals surface area (Å²) in [4.78, 5) is 13.2. The number of nitrogens with two attached hydrogens (primary N) is 1. The molecule has 0 radical (unpaired) electrons. The molecule has 2 rings (SSSR count). The molecule has 0 spiro atoms. The van der Waals surface area contributed by atoms with Gasteiger partial charge in [0.25, 0.3) is 5.91 Å². The molecule has 6 heteroatoms. The molecular weight excluding hydrogens is 315 g/mol. The zero-order valence-electron chi connectivity index (χ0n) is 10.4. The Bertz CT molecular complexity index is 477. The maximum atomic E-state index is 13.3. The first-order chi connectivity index (χ1) is 8.89. The fraction of sp³-hybridized carbons (Fsp3) is 0.462. The summed E-state index contributed by atoms with van der Waals surface area (Å²) in [7, 11) is 0. The molecule has 0 aromatic heterocycles. The highest BCUT2D eigenvalue weighted by Gasteiger charge is 2.38. The van der Waals surface area contributed by atoms with Crippen LogP contribution in [0.5, 0.6) is 0 Å². The first-order valence-corrected chi connectivity index (χ1v) is 6.88. The fourth-order valence-corrected chi connectivity index (χ4v) is 2.93. The second-order valence-corrected chi connectivity index (χ2v) is 5.90. The quantitative estimate of drug-likeness (QED) is 0.880. The second kappa shape index (κ2) is 5.56. The number of carbonyl (C=O) groups is 1. The van der Waals surface area contributed by atoms with Gasteiger partial charge in [-0.05, 0) is 43.1 Å². The summed E-state index contributed by atoms with van der Waals surface area (Å²) in [6.07, 6.45) is 1.07. The number of likely N-dealkylation sites (tertiary alicyclic amines) is 1. The van der Waals surface area contributed by atoms with E-state index in [2.05, 4.69) is 15.9 Å². The van der Waals surface area contributed by atoms with E-state index >= 15 is 0 Å². The topological polar surface area (TPSA) is 66.6 Å². The van der Waals surface area contributed by atoms with Crippen molar-refractivity contribution in [2.45, 2.75) is 25.0 Å². The number of β-amino-alcohol motifs (C(OH)–C–C–N with tert-alkyl or cyclic N) is 1. The van der Waals surface area contributed by atoms with Crippen LogP contribution in [0.4, 0.5) is 4.39 Å². The molecule has 1 aromatic carbocycles. The summed E-state index contributed by atoms with van der Waals surface area (Å²) in [5.41, 5.74) is 4.54. The van der Waals surface area contributed by atoms with Crippen LogP contribution in [-0.4, -0.2) is 34.6 Å². The third-order valence-corrected chi connectivity index (χ3v) is 3.79. The third kappa shape index (κ3) is 3.52. The first-order valence-electron chi connectivity index (χ1n) is 6.09. The lowest BCUT2D eigenvalue weighted by molar-refractivity contribution is -0.142. The Morgan fingerprint density at radius 1 is 1.53 bits per heavy atom. The van der Waals surface area contributed by atoms with E-state index in [4.69, 9.17) is 5.73 Å². The Morgan fingerprint density at radius 3 is 2.89 bits per heavy atom. The van der Waals surface area contributed by atoms with Crippen LogP contribution >= 0.6 is 15.9 Å². The molecule has 1 aliphatic rings. The molecule has 1 saturated heterocycles. The molecule has 1 heterocycles. The van der Waals surface area contributed by atoms with Crippen molar-refractivity contribution in [3.8, 4) is 0 Å². The highest BCUT2D eigenvalue weighted by molar-refractivity contribution is 9.10. The van der Waals surface area contributed by atoms with Crippen LogP contribution in [0.15, 0.2) is 22.7 Å². The number of hydrogen-bond donors (Lipinski definition) is 2. The minimum absolute atomic E-state index is 0.191. The van der Waals surface area contributed by atoms with Gasteiger partial charge in [0.05, 0.1) is 0 Å². The molecule has 104 valence electrons. The van der Waals surface area contributed by atoms with Crippen molar-refractivity contribution in [2.75, 3.05) is 13.1 Å². The molecule has 0 saturated carbocycles. The summed E-state index contributed by atoms with van der Waals surface area (Å²) in [5.74, 6) is -1.01. The van der Waals surface area contributed by atoms with Crippen molar-refractivity contribution in [3.63, 3.8) is 0 Å². The highest BCUT2D eigenvalue weighted by Crippen LogP contribution is 2.23. The molecule has 1 amide bonds. The molecule has 0 unspecified atom stereocenters. The number of halogens is 2. The van der Waals surface area contributed by atoms with Gasteiger partial charge in [-0.15, -0.1) is 0 Å². The van der Waals surface area contributed by atoms with Crippen LogP contribution in [0.1, 0.15) is 18.4 Å². The number of amides is 1. The Hall–Kier alpha value is -0.980. The normalized spacial score (nSPS) is 24.4. The van der Waals surface area contributed by atoms with E-state index in [9.17, 15) is 14.3 Å². The number of piperidine rings is 1. The largest absolute Gasteiger partial charge is 0.379 e. The van der Waals surface area contributed by atoms with Crippen LogP contribution in [0.2, 0.25) is 0 Å². The number of aliphatic hydroxyl groups is 1. The van der Waals surface area contributed by atoms with Crippen molar-refractivity contribution < 1.29 is 14.3 Å². The summed E-state index contributed by atoms with van der Waals surface area (Å²) in [6.45, 7) is 1.42. The zero-order valence-corrected chi connectivity index (χ0v) is 12.0. The number of rotatable bonds is 3. The van der Waals surface area contributed by atoms with Crippen molar-refractivity contribution in [2.24, 2.45) is 5.73 Å². The monoisotopic (exact) mass is 330 g/mol. The van der Waals surface area contributed by atoms with Gasteiger partial charge in [0.15, 0.2) is 5.60 Å². The lowest BCUT2D eigenvalue weighted by Gasteiger charge is -2.37. The molecular formula is C13H16BrFN2O2. The van der Waals surface area contributed by atoms with Gasteiger partial charge in [0.2, 0.25) is 0 Å². The zero-order chi connectivity index (χ0) is 14.0. The Balaban J connectivity index is 2.08. The van der Waals surface area contributed by atoms with E-state index in [1.807, 2.05) is 11.0 Å². The van der Waals surface area contributed by atoms with Gasteiger partial charge in [0, 0.05) is 17.6 Å². The van der Waals surface area contributed by atoms with Gasteiger partial charge in [-0.1, -0.05) is 15.9 Å². The maximum Gasteiger partial charge on any atom is 0.250 e. The number of benzene rings is 1. The third-order valence-electron chi connectivity index (χ3n) is 3.34. The lowest BCUT2D eigenvalue weighted by Crippen LogP contribution is -2.55. The Morgan fingerprint density at radius 2 is 2.26 bits per heavy atom. The van der Waals surface area contributed by atoms with Crippen LogP contribution in [0.3, 0.4) is 0 Å². The van der Waals surface area contributed by atoms with E-state index < -0.39 is 11.5 Å². The van der Waals surface area contributed by atoms with E-state index in [-0.39, 0.29) is 12.4 Å². The first kappa shape index (κ1) is 14.4. The molecule has 3 N–H and O–H groups in total. The van der Waals surface area contributed by atoms with Gasteiger partial charge < -0.3 is 10.8 Å². The van der Waals surface area contributed by atoms with Gasteiger partial charge >= 0.3 is 0 Å². The minimum Gasteiger partial charge on any atom is -0.379 e. The second-order valence-electron chi connectivity index (χ2n) is 4.99. The van der Waals surface area contributed by atoms with E-state index in [0.717, 1.165) is 12.1 Å². The van der Waals surface area contributed by atoms with E-state index in [1.165, 1.54) is 12.1 Å². The average molecular weight is 331 g/mol. The number of nitrogens with zero attached hydrogens (tertiary/aromatic N) is 1. The van der Waals surface area contributed by atoms with Crippen LogP contribution in [-0.2, 0) is 11.3 Å². The minimum atomic E-state index is -1.47. The molecule has 0 aliphatic carbocycles. The van der Waals surface area contributed by atoms with Crippen LogP contribution in [0.25, 0.3) is 0 Å². The smallest absolute Gasteiger partial charge is 0.250 e. The standard InChI is InChI=1S/C13H16BrFN2O2/c14-10-4-9(5-11(15)6-10)7-17-3-1-2-13(19,8-17)12(16)18/h4-6,19H,1-3,7-8H2,(H2,16,18)/t13-/m1/s1. The summed E-state index contributed by atoms with van der Waals surface area (Å²) >= 11 is 3.24. The van der Waals surface area contributed by atoms with Crippen LogP contribution in [0, 0.1) is 5.82 Å². The molecule has 0 bridgehead atoms. The maximum absolute atomic E-state index is 13.3. The van der Waals surface area contributed by atoms with Gasteiger partial charge in [-0.2, -0.15) is 0 Å². The van der Waals surface area contributed by atoms with Crippen molar-refractivity contribution in [1.82, 2.24) is 4.90 Å². The molecule has 19 heavy (non-hydrogen) atoms. The fourth-order valence-electron chi connectivity index (χ4n) is 2.42. The molecule has 1 atom stereocenters. The van der Waals surface area contributed by atoms with Crippen molar-refractivity contribution >= 4 is 21.8 Å². The van der Waals surface area contributed by atoms with Gasteiger partial charge in [-0.25, -0.2) is 4.39 Å².